The minimum absolute atomic E-state index is 0.0440. The smallest absolute Gasteiger partial charge is 0.243 e. The summed E-state index contributed by atoms with van der Waals surface area (Å²) in [7, 11) is -3.66. The highest BCUT2D eigenvalue weighted by Gasteiger charge is 2.40. The largest absolute Gasteiger partial charge is 0.326 e. The van der Waals surface area contributed by atoms with Crippen LogP contribution in [0, 0.1) is 25.7 Å². The van der Waals surface area contributed by atoms with Crippen molar-refractivity contribution in [3.8, 4) is 0 Å². The zero-order chi connectivity index (χ0) is 24.9. The van der Waals surface area contributed by atoms with Crippen molar-refractivity contribution in [1.82, 2.24) is 4.31 Å². The molecule has 0 spiro atoms. The number of rotatable bonds is 5. The van der Waals surface area contributed by atoms with Gasteiger partial charge in [0.15, 0.2) is 0 Å². The van der Waals surface area contributed by atoms with Crippen LogP contribution in [0.25, 0.3) is 0 Å². The monoisotopic (exact) mass is 495 g/mol. The normalized spacial score (nSPS) is 21.1. The molecule has 1 N–H and O–H groups in total. The Bertz CT molecular complexity index is 1280. The number of aryl methyl sites for hydroxylation is 2. The van der Waals surface area contributed by atoms with Crippen LogP contribution in [-0.2, 0) is 26.0 Å². The van der Waals surface area contributed by atoms with Gasteiger partial charge in [0.2, 0.25) is 21.8 Å². The lowest BCUT2D eigenvalue weighted by Crippen LogP contribution is -2.41. The van der Waals surface area contributed by atoms with E-state index in [0.29, 0.717) is 32.4 Å². The summed E-state index contributed by atoms with van der Waals surface area (Å²) >= 11 is 0. The van der Waals surface area contributed by atoms with E-state index in [1.807, 2.05) is 43.9 Å². The van der Waals surface area contributed by atoms with Crippen LogP contribution in [0.1, 0.15) is 49.3 Å². The molecule has 1 saturated heterocycles. The minimum atomic E-state index is -3.66. The van der Waals surface area contributed by atoms with E-state index in [1.54, 1.807) is 18.2 Å². The first kappa shape index (κ1) is 24.0. The van der Waals surface area contributed by atoms with E-state index in [4.69, 9.17) is 0 Å². The lowest BCUT2D eigenvalue weighted by Gasteiger charge is -2.31. The topological polar surface area (TPSA) is 86.8 Å². The standard InChI is InChI=1S/C27H33N3O4S/c1-17-4-8-24(18(2)14-17)28-26(31)20-10-12-29(13-11-20)35(33,34)23-7-9-25-22(16-23)15-19(3)30(25)27(32)21-5-6-21/h4,7-9,14,16,19-21H,5-6,10-13,15H2,1-3H3,(H,28,31)/t19-/m0/s1. The van der Waals surface area contributed by atoms with Crippen molar-refractivity contribution in [2.24, 2.45) is 11.8 Å². The second-order valence-corrected chi connectivity index (χ2v) is 12.3. The minimum Gasteiger partial charge on any atom is -0.326 e. The molecule has 186 valence electrons. The molecule has 2 aromatic rings. The molecule has 1 atom stereocenters. The maximum absolute atomic E-state index is 13.4. The van der Waals surface area contributed by atoms with Gasteiger partial charge in [-0.1, -0.05) is 17.7 Å². The van der Waals surface area contributed by atoms with Crippen LogP contribution in [-0.4, -0.2) is 43.7 Å². The molecule has 0 radical (unpaired) electrons. The molecule has 2 fully saturated rings. The zero-order valence-electron chi connectivity index (χ0n) is 20.6. The molecule has 2 aromatic carbocycles. The van der Waals surface area contributed by atoms with Crippen molar-refractivity contribution in [1.29, 1.82) is 0 Å². The number of nitrogens with zero attached hydrogens (tertiary/aromatic N) is 2. The van der Waals surface area contributed by atoms with Crippen molar-refractivity contribution < 1.29 is 18.0 Å². The molecule has 8 heteroatoms. The number of hydrogen-bond donors (Lipinski definition) is 1. The van der Waals surface area contributed by atoms with Crippen LogP contribution >= 0.6 is 0 Å². The molecular formula is C27H33N3O4S. The Balaban J connectivity index is 1.25. The maximum Gasteiger partial charge on any atom is 0.243 e. The van der Waals surface area contributed by atoms with Gasteiger partial charge in [0.25, 0.3) is 0 Å². The van der Waals surface area contributed by atoms with Crippen molar-refractivity contribution in [3.63, 3.8) is 0 Å². The summed E-state index contributed by atoms with van der Waals surface area (Å²) in [6.45, 7) is 6.62. The Kier molecular flexibility index (Phi) is 6.21. The van der Waals surface area contributed by atoms with Gasteiger partial charge in [0, 0.05) is 42.3 Å². The molecular weight excluding hydrogens is 462 g/mol. The molecule has 7 nitrogen and oxygen atoms in total. The highest BCUT2D eigenvalue weighted by atomic mass is 32.2. The second-order valence-electron chi connectivity index (χ2n) is 10.3. The molecule has 2 heterocycles. The Hall–Kier alpha value is -2.71. The van der Waals surface area contributed by atoms with E-state index >= 15 is 0 Å². The lowest BCUT2D eigenvalue weighted by molar-refractivity contribution is -0.121. The molecule has 2 aliphatic heterocycles. The maximum atomic E-state index is 13.4. The number of hydrogen-bond acceptors (Lipinski definition) is 4. The number of carbonyl (C=O) groups excluding carboxylic acids is 2. The Labute approximate surface area is 207 Å². The van der Waals surface area contributed by atoms with Gasteiger partial charge >= 0.3 is 0 Å². The third-order valence-electron chi connectivity index (χ3n) is 7.53. The van der Waals surface area contributed by atoms with Crippen LogP contribution < -0.4 is 10.2 Å². The summed E-state index contributed by atoms with van der Waals surface area (Å²) in [6.07, 6.45) is 3.53. The van der Waals surface area contributed by atoms with E-state index in [1.165, 1.54) is 4.31 Å². The van der Waals surface area contributed by atoms with Crippen molar-refractivity contribution in [2.45, 2.75) is 63.8 Å². The van der Waals surface area contributed by atoms with Crippen LogP contribution in [0.2, 0.25) is 0 Å². The van der Waals surface area contributed by atoms with Gasteiger partial charge in [-0.05, 0) is 88.3 Å². The fourth-order valence-corrected chi connectivity index (χ4v) is 6.85. The Morgan fingerprint density at radius 3 is 2.31 bits per heavy atom. The summed E-state index contributed by atoms with van der Waals surface area (Å²) in [6, 6.07) is 11.1. The quantitative estimate of drug-likeness (QED) is 0.679. The predicted octanol–water partition coefficient (Wildman–Crippen LogP) is 4.03. The van der Waals surface area contributed by atoms with Crippen LogP contribution in [0.4, 0.5) is 11.4 Å². The highest BCUT2D eigenvalue weighted by molar-refractivity contribution is 7.89. The summed E-state index contributed by atoms with van der Waals surface area (Å²) < 4.78 is 28.3. The second kappa shape index (κ2) is 9.06. The van der Waals surface area contributed by atoms with Crippen molar-refractivity contribution in [3.05, 3.63) is 53.1 Å². The number of anilines is 2. The Morgan fingerprint density at radius 1 is 0.943 bits per heavy atom. The van der Waals surface area contributed by atoms with Gasteiger partial charge in [-0.25, -0.2) is 8.42 Å². The average Bonchev–Trinajstić information content (AvgIpc) is 3.62. The number of sulfonamides is 1. The molecule has 1 saturated carbocycles. The number of nitrogens with one attached hydrogen (secondary N) is 1. The SMILES string of the molecule is Cc1ccc(NC(=O)C2CCN(S(=O)(=O)c3ccc4c(c3)C[C@H](C)N4C(=O)C3CC3)CC2)c(C)c1. The van der Waals surface area contributed by atoms with Crippen LogP contribution in [0.3, 0.4) is 0 Å². The molecule has 0 aromatic heterocycles. The molecule has 35 heavy (non-hydrogen) atoms. The number of benzene rings is 2. The molecule has 2 amide bonds. The van der Waals surface area contributed by atoms with Gasteiger partial charge in [0.1, 0.15) is 0 Å². The lowest BCUT2D eigenvalue weighted by atomic mass is 9.97. The van der Waals surface area contributed by atoms with Gasteiger partial charge in [-0.2, -0.15) is 4.31 Å². The van der Waals surface area contributed by atoms with Crippen molar-refractivity contribution >= 4 is 33.2 Å². The number of piperidine rings is 1. The molecule has 0 bridgehead atoms. The van der Waals surface area contributed by atoms with Crippen molar-refractivity contribution in [2.75, 3.05) is 23.3 Å². The van der Waals surface area contributed by atoms with Gasteiger partial charge in [0.05, 0.1) is 4.90 Å². The van der Waals surface area contributed by atoms with Crippen LogP contribution in [0.5, 0.6) is 0 Å². The molecule has 0 unspecified atom stereocenters. The number of fused-ring (bicyclic) bond motifs is 1. The Morgan fingerprint density at radius 2 is 1.66 bits per heavy atom. The van der Waals surface area contributed by atoms with Gasteiger partial charge < -0.3 is 10.2 Å². The molecule has 5 rings (SSSR count). The first-order valence-corrected chi connectivity index (χ1v) is 13.9. The van der Waals surface area contributed by atoms with E-state index < -0.39 is 10.0 Å². The first-order chi connectivity index (χ1) is 16.6. The number of amides is 2. The third-order valence-corrected chi connectivity index (χ3v) is 9.43. The average molecular weight is 496 g/mol. The van der Waals surface area contributed by atoms with E-state index in [9.17, 15) is 18.0 Å². The fourth-order valence-electron chi connectivity index (χ4n) is 5.33. The molecule has 3 aliphatic rings. The molecule has 1 aliphatic carbocycles. The van der Waals surface area contributed by atoms with E-state index in [-0.39, 0.29) is 34.6 Å². The zero-order valence-corrected chi connectivity index (χ0v) is 21.4. The predicted molar refractivity (Wildman–Crippen MR) is 136 cm³/mol. The number of carbonyl (C=O) groups is 2. The van der Waals surface area contributed by atoms with E-state index in [0.717, 1.165) is 40.9 Å². The first-order valence-electron chi connectivity index (χ1n) is 12.5. The highest BCUT2D eigenvalue weighted by Crippen LogP contribution is 2.40. The summed E-state index contributed by atoms with van der Waals surface area (Å²) in [5.41, 5.74) is 4.71. The third kappa shape index (κ3) is 4.61. The fraction of sp³-hybridized carbons (Fsp3) is 0.481. The van der Waals surface area contributed by atoms with Gasteiger partial charge in [-0.3, -0.25) is 9.59 Å². The summed E-state index contributed by atoms with van der Waals surface area (Å²) in [5, 5.41) is 3.01. The summed E-state index contributed by atoms with van der Waals surface area (Å²) in [4.78, 5) is 27.6. The van der Waals surface area contributed by atoms with Gasteiger partial charge in [-0.15, -0.1) is 0 Å². The van der Waals surface area contributed by atoms with E-state index in [2.05, 4.69) is 5.32 Å². The van der Waals surface area contributed by atoms with Crippen LogP contribution in [0.15, 0.2) is 41.3 Å². The summed E-state index contributed by atoms with van der Waals surface area (Å²) in [5.74, 6) is 0.0132.